The molecule has 0 spiro atoms. The Labute approximate surface area is 117 Å². The molecule has 2 unspecified atom stereocenters. The Hall–Kier alpha value is -0.950. The van der Waals surface area contributed by atoms with E-state index in [9.17, 15) is 9.90 Å². The largest absolute Gasteiger partial charge is 0.481 e. The minimum Gasteiger partial charge on any atom is -0.481 e. The minimum absolute atomic E-state index is 0.0576. The van der Waals surface area contributed by atoms with Gasteiger partial charge in [-0.2, -0.15) is 0 Å². The van der Waals surface area contributed by atoms with E-state index in [4.69, 9.17) is 5.11 Å². The zero-order valence-corrected chi connectivity index (χ0v) is 12.2. The Morgan fingerprint density at radius 2 is 2.26 bits per heavy atom. The molecule has 108 valence electrons. The maximum absolute atomic E-state index is 10.7. The van der Waals surface area contributed by atoms with Crippen molar-refractivity contribution < 1.29 is 15.0 Å². The standard InChI is InChI=1S/C13H22N2O3S/c1-15(2)8-7-14-10(5-6-12(16)17)13(18)11-4-3-9-19-11/h3-4,9-10,13-14,18H,5-8H2,1-2H3,(H,16,17). The maximum atomic E-state index is 10.7. The summed E-state index contributed by atoms with van der Waals surface area (Å²) in [4.78, 5) is 13.6. The van der Waals surface area contributed by atoms with Crippen LogP contribution < -0.4 is 5.32 Å². The van der Waals surface area contributed by atoms with E-state index in [0.29, 0.717) is 6.42 Å². The summed E-state index contributed by atoms with van der Waals surface area (Å²) in [6.07, 6.45) is -0.175. The highest BCUT2D eigenvalue weighted by atomic mass is 32.1. The first-order valence-electron chi connectivity index (χ1n) is 6.32. The van der Waals surface area contributed by atoms with Gasteiger partial charge >= 0.3 is 5.97 Å². The quantitative estimate of drug-likeness (QED) is 0.635. The molecule has 1 aromatic rings. The second-order valence-electron chi connectivity index (χ2n) is 4.76. The fourth-order valence-corrected chi connectivity index (χ4v) is 2.56. The Kier molecular flexibility index (Phi) is 7.01. The number of carbonyl (C=O) groups is 1. The average molecular weight is 286 g/mol. The fraction of sp³-hybridized carbons (Fsp3) is 0.615. The second-order valence-corrected chi connectivity index (χ2v) is 5.74. The number of aliphatic hydroxyl groups excluding tert-OH is 1. The molecule has 1 aromatic heterocycles. The molecular weight excluding hydrogens is 264 g/mol. The van der Waals surface area contributed by atoms with E-state index in [-0.39, 0.29) is 12.5 Å². The molecule has 0 fully saturated rings. The van der Waals surface area contributed by atoms with Crippen LogP contribution in [0.15, 0.2) is 17.5 Å². The Morgan fingerprint density at radius 3 is 2.79 bits per heavy atom. The summed E-state index contributed by atoms with van der Waals surface area (Å²) >= 11 is 1.49. The van der Waals surface area contributed by atoms with Gasteiger partial charge in [-0.1, -0.05) is 6.07 Å². The van der Waals surface area contributed by atoms with Gasteiger partial charge in [0.15, 0.2) is 0 Å². The Morgan fingerprint density at radius 1 is 1.53 bits per heavy atom. The SMILES string of the molecule is CN(C)CCNC(CCC(=O)O)C(O)c1cccs1. The summed E-state index contributed by atoms with van der Waals surface area (Å²) in [5, 5.41) is 24.2. The van der Waals surface area contributed by atoms with Gasteiger partial charge in [0.25, 0.3) is 0 Å². The summed E-state index contributed by atoms with van der Waals surface area (Å²) in [5.74, 6) is -0.835. The summed E-state index contributed by atoms with van der Waals surface area (Å²) in [5.41, 5.74) is 0. The number of nitrogens with one attached hydrogen (secondary N) is 1. The van der Waals surface area contributed by atoms with Crippen molar-refractivity contribution in [2.75, 3.05) is 27.2 Å². The van der Waals surface area contributed by atoms with Crippen molar-refractivity contribution in [2.45, 2.75) is 25.0 Å². The van der Waals surface area contributed by atoms with Crippen molar-refractivity contribution in [2.24, 2.45) is 0 Å². The number of rotatable bonds is 9. The monoisotopic (exact) mass is 286 g/mol. The molecule has 0 bridgehead atoms. The van der Waals surface area contributed by atoms with Crippen LogP contribution in [-0.4, -0.2) is 54.3 Å². The molecule has 3 N–H and O–H groups in total. The van der Waals surface area contributed by atoms with Crippen LogP contribution >= 0.6 is 11.3 Å². The highest BCUT2D eigenvalue weighted by Crippen LogP contribution is 2.24. The molecular formula is C13H22N2O3S. The molecule has 6 heteroatoms. The Bertz CT molecular complexity index is 368. The molecule has 0 radical (unpaired) electrons. The lowest BCUT2D eigenvalue weighted by molar-refractivity contribution is -0.137. The number of likely N-dealkylation sites (N-methyl/N-ethyl adjacent to an activating group) is 1. The molecule has 0 saturated carbocycles. The van der Waals surface area contributed by atoms with Crippen molar-refractivity contribution in [1.82, 2.24) is 10.2 Å². The molecule has 1 heterocycles. The predicted molar refractivity (Wildman–Crippen MR) is 76.5 cm³/mol. The van der Waals surface area contributed by atoms with Gasteiger partial charge in [-0.15, -0.1) is 11.3 Å². The molecule has 0 aliphatic heterocycles. The van der Waals surface area contributed by atoms with Gasteiger partial charge in [-0.05, 0) is 32.0 Å². The number of hydrogen-bond acceptors (Lipinski definition) is 5. The van der Waals surface area contributed by atoms with Gasteiger partial charge in [0, 0.05) is 30.4 Å². The molecule has 5 nitrogen and oxygen atoms in total. The number of thiophene rings is 1. The Balaban J connectivity index is 2.54. The number of carboxylic acid groups (broad SMARTS) is 1. The third-order valence-corrected chi connectivity index (χ3v) is 3.79. The van der Waals surface area contributed by atoms with Crippen molar-refractivity contribution in [1.29, 1.82) is 0 Å². The van der Waals surface area contributed by atoms with Crippen LogP contribution in [0.4, 0.5) is 0 Å². The first kappa shape index (κ1) is 16.1. The zero-order valence-electron chi connectivity index (χ0n) is 11.4. The van der Waals surface area contributed by atoms with Crippen molar-refractivity contribution in [3.05, 3.63) is 22.4 Å². The van der Waals surface area contributed by atoms with Gasteiger partial charge < -0.3 is 20.4 Å². The van der Waals surface area contributed by atoms with Crippen LogP contribution in [0.3, 0.4) is 0 Å². The van der Waals surface area contributed by atoms with Crippen LogP contribution in [-0.2, 0) is 4.79 Å². The maximum Gasteiger partial charge on any atom is 0.303 e. The van der Waals surface area contributed by atoms with E-state index < -0.39 is 12.1 Å². The van der Waals surface area contributed by atoms with Crippen molar-refractivity contribution in [3.8, 4) is 0 Å². The van der Waals surface area contributed by atoms with Crippen LogP contribution in [0.2, 0.25) is 0 Å². The first-order chi connectivity index (χ1) is 9.00. The van der Waals surface area contributed by atoms with E-state index in [2.05, 4.69) is 5.32 Å². The van der Waals surface area contributed by atoms with Crippen molar-refractivity contribution in [3.63, 3.8) is 0 Å². The van der Waals surface area contributed by atoms with Crippen LogP contribution in [0.5, 0.6) is 0 Å². The molecule has 2 atom stereocenters. The second kappa shape index (κ2) is 8.27. The van der Waals surface area contributed by atoms with Crippen LogP contribution in [0.25, 0.3) is 0 Å². The summed E-state index contributed by atoms with van der Waals surface area (Å²) in [6, 6.07) is 3.53. The van der Waals surface area contributed by atoms with E-state index >= 15 is 0 Å². The number of aliphatic carboxylic acids is 1. The summed E-state index contributed by atoms with van der Waals surface area (Å²) < 4.78 is 0. The molecule has 0 amide bonds. The summed E-state index contributed by atoms with van der Waals surface area (Å²) in [6.45, 7) is 1.57. The van der Waals surface area contributed by atoms with Gasteiger partial charge in [0.2, 0.25) is 0 Å². The highest BCUT2D eigenvalue weighted by Gasteiger charge is 2.22. The number of nitrogens with zero attached hydrogens (tertiary/aromatic N) is 1. The zero-order chi connectivity index (χ0) is 14.3. The smallest absolute Gasteiger partial charge is 0.303 e. The van der Waals surface area contributed by atoms with Crippen LogP contribution in [0, 0.1) is 0 Å². The van der Waals surface area contributed by atoms with Gasteiger partial charge in [-0.3, -0.25) is 4.79 Å². The van der Waals surface area contributed by atoms with Gasteiger partial charge in [0.1, 0.15) is 6.10 Å². The summed E-state index contributed by atoms with van der Waals surface area (Å²) in [7, 11) is 3.95. The lowest BCUT2D eigenvalue weighted by Gasteiger charge is -2.24. The third-order valence-electron chi connectivity index (χ3n) is 2.85. The normalized spacial score (nSPS) is 14.5. The van der Waals surface area contributed by atoms with E-state index in [1.54, 1.807) is 0 Å². The molecule has 0 aliphatic rings. The van der Waals surface area contributed by atoms with Crippen LogP contribution in [0.1, 0.15) is 23.8 Å². The predicted octanol–water partition coefficient (Wildman–Crippen LogP) is 1.17. The average Bonchev–Trinajstić information content (AvgIpc) is 2.85. The van der Waals surface area contributed by atoms with E-state index in [0.717, 1.165) is 18.0 Å². The lowest BCUT2D eigenvalue weighted by Crippen LogP contribution is -2.39. The highest BCUT2D eigenvalue weighted by molar-refractivity contribution is 7.10. The van der Waals surface area contributed by atoms with Crippen molar-refractivity contribution >= 4 is 17.3 Å². The van der Waals surface area contributed by atoms with E-state index in [1.807, 2.05) is 36.5 Å². The molecule has 0 aromatic carbocycles. The third kappa shape index (κ3) is 6.15. The topological polar surface area (TPSA) is 72.8 Å². The number of aliphatic hydroxyl groups is 1. The van der Waals surface area contributed by atoms with Gasteiger partial charge in [-0.25, -0.2) is 0 Å². The fourth-order valence-electron chi connectivity index (χ4n) is 1.78. The lowest BCUT2D eigenvalue weighted by atomic mass is 10.0. The minimum atomic E-state index is -0.835. The molecule has 19 heavy (non-hydrogen) atoms. The molecule has 0 saturated heterocycles. The van der Waals surface area contributed by atoms with E-state index in [1.165, 1.54) is 11.3 Å². The van der Waals surface area contributed by atoms with Gasteiger partial charge in [0.05, 0.1) is 0 Å². The number of carboxylic acids is 1. The number of hydrogen-bond donors (Lipinski definition) is 3. The molecule has 1 rings (SSSR count). The molecule has 0 aliphatic carbocycles. The first-order valence-corrected chi connectivity index (χ1v) is 7.20.